The number of rotatable bonds is 3. The van der Waals surface area contributed by atoms with Crippen molar-refractivity contribution in [3.8, 4) is 11.3 Å². The number of hydrogen-bond acceptors (Lipinski definition) is 6. The van der Waals surface area contributed by atoms with Gasteiger partial charge in [0, 0.05) is 36.9 Å². The highest BCUT2D eigenvalue weighted by Crippen LogP contribution is 2.42. The van der Waals surface area contributed by atoms with Gasteiger partial charge in [0.25, 0.3) is 5.91 Å². The van der Waals surface area contributed by atoms with E-state index in [-0.39, 0.29) is 11.3 Å². The Morgan fingerprint density at radius 1 is 1.30 bits per heavy atom. The van der Waals surface area contributed by atoms with E-state index in [9.17, 15) is 9.18 Å². The van der Waals surface area contributed by atoms with Crippen LogP contribution in [-0.4, -0.2) is 39.9 Å². The summed E-state index contributed by atoms with van der Waals surface area (Å²) in [6, 6.07) is 5.40. The maximum Gasteiger partial charge on any atom is 0.254 e. The average molecular weight is 370 g/mol. The summed E-state index contributed by atoms with van der Waals surface area (Å²) in [5.74, 6) is -1.75. The molecule has 0 unspecified atom stereocenters. The molecule has 3 aromatic rings. The topological polar surface area (TPSA) is 88.0 Å². The molecule has 0 aliphatic carbocycles. The summed E-state index contributed by atoms with van der Waals surface area (Å²) in [7, 11) is 3.61. The summed E-state index contributed by atoms with van der Waals surface area (Å²) in [5.41, 5.74) is 3.24. The highest BCUT2D eigenvalue weighted by Gasteiger charge is 2.27. The molecule has 0 bridgehead atoms. The summed E-state index contributed by atoms with van der Waals surface area (Å²) < 4.78 is 36.3. The van der Waals surface area contributed by atoms with Crippen LogP contribution < -0.4 is 15.5 Å². The third kappa shape index (κ3) is 2.77. The number of hydrogen-bond donors (Lipinski definition) is 2. The molecule has 0 radical (unpaired) electrons. The Labute approximate surface area is 159 Å². The molecule has 0 saturated heterocycles. The number of aromatic nitrogens is 4. The second-order valence-corrected chi connectivity index (χ2v) is 6.17. The summed E-state index contributed by atoms with van der Waals surface area (Å²) >= 11 is 0. The lowest BCUT2D eigenvalue weighted by Crippen LogP contribution is -2.23. The van der Waals surface area contributed by atoms with Crippen molar-refractivity contribution in [3.63, 3.8) is 0 Å². The van der Waals surface area contributed by atoms with Gasteiger partial charge in [-0.3, -0.25) is 9.78 Å². The van der Waals surface area contributed by atoms with Crippen LogP contribution in [0.1, 0.15) is 20.2 Å². The van der Waals surface area contributed by atoms with E-state index in [0.717, 1.165) is 35.0 Å². The molecular weight excluding hydrogens is 349 g/mol. The Balaban J connectivity index is 1.78. The number of aryl methyl sites for hydroxylation is 1. The lowest BCUT2D eigenvalue weighted by Gasteiger charge is -2.29. The van der Waals surface area contributed by atoms with Gasteiger partial charge in [0.1, 0.15) is 11.4 Å². The van der Waals surface area contributed by atoms with Gasteiger partial charge in [-0.05, 0) is 6.07 Å². The van der Waals surface area contributed by atoms with Crippen molar-refractivity contribution >= 4 is 23.0 Å². The zero-order chi connectivity index (χ0) is 21.6. The zero-order valence-corrected chi connectivity index (χ0v) is 14.6. The number of pyridine rings is 1. The minimum atomic E-state index is -2.71. The number of fused-ring (bicyclic) bond motifs is 3. The number of anilines is 3. The number of amides is 1. The summed E-state index contributed by atoms with van der Waals surface area (Å²) in [6.45, 7) is -2.21. The van der Waals surface area contributed by atoms with Gasteiger partial charge in [-0.2, -0.15) is 15.0 Å². The van der Waals surface area contributed by atoms with Crippen LogP contribution in [0.25, 0.3) is 11.3 Å². The molecule has 0 atom stereocenters. The smallest absolute Gasteiger partial charge is 0.254 e. The zero-order valence-electron chi connectivity index (χ0n) is 17.6. The molecule has 1 aliphatic heterocycles. The number of carbonyl (C=O) groups is 1. The van der Waals surface area contributed by atoms with Crippen molar-refractivity contribution < 1.29 is 13.3 Å². The number of carbonyl (C=O) groups excluding carboxylic acids is 1. The van der Waals surface area contributed by atoms with Crippen LogP contribution in [0.3, 0.4) is 0 Å². The van der Waals surface area contributed by atoms with Gasteiger partial charge >= 0.3 is 0 Å². The predicted octanol–water partition coefficient (Wildman–Crippen LogP) is 2.07. The minimum absolute atomic E-state index is 0.168. The van der Waals surface area contributed by atoms with Crippen LogP contribution in [0.5, 0.6) is 0 Å². The molecule has 9 heteroatoms. The second-order valence-electron chi connectivity index (χ2n) is 6.17. The average Bonchev–Trinajstić information content (AvgIpc) is 3.02. The molecule has 1 aliphatic rings. The van der Waals surface area contributed by atoms with Gasteiger partial charge in [0.05, 0.1) is 35.4 Å². The maximum absolute atomic E-state index is 14.6. The van der Waals surface area contributed by atoms with Gasteiger partial charge in [0.2, 0.25) is 0 Å². The number of nitrogens with one attached hydrogen (secondary N) is 2. The number of nitrogens with zero attached hydrogens (tertiary/aromatic N) is 5. The molecule has 2 aromatic heterocycles. The van der Waals surface area contributed by atoms with Crippen molar-refractivity contribution in [2.45, 2.75) is 6.54 Å². The van der Waals surface area contributed by atoms with Gasteiger partial charge < -0.3 is 15.5 Å². The Bertz CT molecular complexity index is 1150. The molecule has 4 rings (SSSR count). The molecular formula is C18H18FN7O. The van der Waals surface area contributed by atoms with E-state index in [0.29, 0.717) is 12.2 Å². The molecule has 1 aromatic carbocycles. The molecule has 0 saturated carbocycles. The molecule has 1 amide bonds. The molecule has 27 heavy (non-hydrogen) atoms. The summed E-state index contributed by atoms with van der Waals surface area (Å²) in [4.78, 5) is 19.5. The largest absolute Gasteiger partial charge is 0.366 e. The van der Waals surface area contributed by atoms with Crippen molar-refractivity contribution in [2.24, 2.45) is 7.05 Å². The van der Waals surface area contributed by atoms with Gasteiger partial charge in [-0.25, -0.2) is 4.39 Å². The number of para-hydroxylation sites is 1. The van der Waals surface area contributed by atoms with E-state index < -0.39 is 18.7 Å². The van der Waals surface area contributed by atoms with E-state index in [2.05, 4.69) is 20.5 Å². The Morgan fingerprint density at radius 2 is 2.15 bits per heavy atom. The fraction of sp³-hybridized carbons (Fsp3) is 0.222. The van der Waals surface area contributed by atoms with Crippen molar-refractivity contribution in [1.29, 1.82) is 0 Å². The van der Waals surface area contributed by atoms with E-state index in [1.165, 1.54) is 4.80 Å². The standard InChI is InChI=1S/C18H18FN7O/c1-20-18(27)11-7-21-8-12(19)15(11)22-13-6-4-5-10-16-14(23-26(3)24-16)9-25(2)17(10)13/h4-8H,9H2,1-3H3,(H,20,27)(H,21,22)/i1D3. The van der Waals surface area contributed by atoms with Crippen LogP contribution in [0.2, 0.25) is 0 Å². The third-order valence-corrected chi connectivity index (χ3v) is 4.36. The highest BCUT2D eigenvalue weighted by atomic mass is 19.1. The first-order valence-electron chi connectivity index (χ1n) is 9.62. The van der Waals surface area contributed by atoms with Gasteiger partial charge in [0.15, 0.2) is 5.82 Å². The summed E-state index contributed by atoms with van der Waals surface area (Å²) in [6.07, 6.45) is 2.07. The lowest BCUT2D eigenvalue weighted by molar-refractivity contribution is 0.0963. The molecule has 0 fully saturated rings. The van der Waals surface area contributed by atoms with Crippen LogP contribution in [0.15, 0.2) is 30.6 Å². The van der Waals surface area contributed by atoms with Crippen LogP contribution in [-0.2, 0) is 13.6 Å². The van der Waals surface area contributed by atoms with E-state index in [4.69, 9.17) is 4.11 Å². The molecule has 0 spiro atoms. The van der Waals surface area contributed by atoms with Crippen LogP contribution >= 0.6 is 0 Å². The first-order valence-corrected chi connectivity index (χ1v) is 8.12. The Morgan fingerprint density at radius 3 is 2.96 bits per heavy atom. The van der Waals surface area contributed by atoms with Crippen LogP contribution in [0.4, 0.5) is 21.5 Å². The quantitative estimate of drug-likeness (QED) is 0.734. The third-order valence-electron chi connectivity index (χ3n) is 4.36. The fourth-order valence-electron chi connectivity index (χ4n) is 3.25. The monoisotopic (exact) mass is 370 g/mol. The molecule has 8 nitrogen and oxygen atoms in total. The van der Waals surface area contributed by atoms with E-state index >= 15 is 0 Å². The van der Waals surface area contributed by atoms with Gasteiger partial charge in [-0.1, -0.05) is 12.1 Å². The highest BCUT2D eigenvalue weighted by molar-refractivity contribution is 6.01. The molecule has 3 heterocycles. The maximum atomic E-state index is 14.6. The lowest BCUT2D eigenvalue weighted by atomic mass is 10.0. The fourth-order valence-corrected chi connectivity index (χ4v) is 3.25. The normalized spacial score (nSPS) is 14.5. The SMILES string of the molecule is [2H]C([2H])([2H])NC(=O)c1cncc(F)c1Nc1cccc2c1N(C)Cc1nn(C)nc1-2. The minimum Gasteiger partial charge on any atom is -0.366 e. The van der Waals surface area contributed by atoms with Gasteiger partial charge in [-0.15, -0.1) is 0 Å². The number of benzene rings is 1. The number of halogens is 1. The Kier molecular flexibility index (Phi) is 3.22. The molecule has 2 N–H and O–H groups in total. The second kappa shape index (κ2) is 6.35. The van der Waals surface area contributed by atoms with Crippen molar-refractivity contribution in [3.05, 3.63) is 47.7 Å². The van der Waals surface area contributed by atoms with Crippen molar-refractivity contribution in [2.75, 3.05) is 24.2 Å². The van der Waals surface area contributed by atoms with E-state index in [1.807, 2.05) is 23.3 Å². The van der Waals surface area contributed by atoms with Crippen LogP contribution in [0, 0.1) is 5.82 Å². The first-order chi connectivity index (χ1) is 14.1. The van der Waals surface area contributed by atoms with Crippen molar-refractivity contribution in [1.82, 2.24) is 25.3 Å². The predicted molar refractivity (Wildman–Crippen MR) is 99.4 cm³/mol. The molecule has 138 valence electrons. The first kappa shape index (κ1) is 13.7. The summed E-state index contributed by atoms with van der Waals surface area (Å²) in [5, 5.41) is 13.6. The van der Waals surface area contributed by atoms with E-state index in [1.54, 1.807) is 19.2 Å². The Hall–Kier alpha value is -3.49.